The third kappa shape index (κ3) is 3.39. The molecule has 1 atom stereocenters. The maximum atomic E-state index is 11.3. The summed E-state index contributed by atoms with van der Waals surface area (Å²) in [6, 6.07) is 1.72. The van der Waals surface area contributed by atoms with Crippen LogP contribution >= 0.6 is 0 Å². The van der Waals surface area contributed by atoms with Crippen LogP contribution in [0.5, 0.6) is 5.88 Å². The lowest BCUT2D eigenvalue weighted by Gasteiger charge is -2.27. The minimum atomic E-state index is -1.63. The van der Waals surface area contributed by atoms with Gasteiger partial charge < -0.3 is 14.4 Å². The quantitative estimate of drug-likeness (QED) is 0.761. The molecule has 0 bridgehead atoms. The Labute approximate surface area is 124 Å². The Hall–Kier alpha value is -1.94. The van der Waals surface area contributed by atoms with Gasteiger partial charge in [-0.3, -0.25) is 4.28 Å². The number of aryl methyl sites for hydroxylation is 1. The van der Waals surface area contributed by atoms with Crippen molar-refractivity contribution in [3.05, 3.63) is 11.8 Å². The Morgan fingerprint density at radius 1 is 1.38 bits per heavy atom. The molecule has 1 fully saturated rings. The topological polar surface area (TPSA) is 89.4 Å². The van der Waals surface area contributed by atoms with Crippen molar-refractivity contribution >= 4 is 23.6 Å². The van der Waals surface area contributed by atoms with E-state index in [-0.39, 0.29) is 6.73 Å². The largest absolute Gasteiger partial charge is 0.455 e. The van der Waals surface area contributed by atoms with Crippen molar-refractivity contribution in [1.29, 1.82) is 0 Å². The molecular formula is C11H15N5O4S. The van der Waals surface area contributed by atoms with Crippen LogP contribution in [0, 0.1) is 6.92 Å². The first-order chi connectivity index (χ1) is 10.2. The molecule has 0 spiro atoms. The lowest BCUT2D eigenvalue weighted by atomic mass is 10.4. The van der Waals surface area contributed by atoms with E-state index in [9.17, 15) is 4.21 Å². The maximum absolute atomic E-state index is 11.3. The lowest BCUT2D eigenvalue weighted by molar-refractivity contribution is 0.122. The molecule has 2 aliphatic heterocycles. The van der Waals surface area contributed by atoms with Gasteiger partial charge in [0, 0.05) is 24.8 Å². The van der Waals surface area contributed by atoms with E-state index in [1.165, 1.54) is 10.6 Å². The third-order valence-corrected chi connectivity index (χ3v) is 3.72. The summed E-state index contributed by atoms with van der Waals surface area (Å²) in [5.41, 5.74) is 0.800. The molecule has 2 aliphatic rings. The Bertz CT molecular complexity index is 564. The van der Waals surface area contributed by atoms with Crippen molar-refractivity contribution in [2.75, 3.05) is 37.9 Å². The van der Waals surface area contributed by atoms with Crippen LogP contribution < -0.4 is 9.64 Å². The van der Waals surface area contributed by atoms with Gasteiger partial charge >= 0.3 is 11.3 Å². The van der Waals surface area contributed by atoms with Crippen molar-refractivity contribution in [2.24, 2.45) is 5.16 Å². The Balaban J connectivity index is 1.68. The van der Waals surface area contributed by atoms with Gasteiger partial charge in [-0.25, -0.2) is 9.29 Å². The van der Waals surface area contributed by atoms with Gasteiger partial charge in [0.2, 0.25) is 11.8 Å². The van der Waals surface area contributed by atoms with E-state index in [2.05, 4.69) is 19.4 Å². The van der Waals surface area contributed by atoms with Gasteiger partial charge in [-0.1, -0.05) is 5.16 Å². The molecule has 9 nitrogen and oxygen atoms in total. The summed E-state index contributed by atoms with van der Waals surface area (Å²) in [5.74, 6) is 1.03. The summed E-state index contributed by atoms with van der Waals surface area (Å²) in [4.78, 5) is 10.8. The molecule has 0 aromatic carbocycles. The van der Waals surface area contributed by atoms with E-state index in [0.29, 0.717) is 25.0 Å². The number of rotatable bonds is 4. The number of hydrogen-bond donors (Lipinski definition) is 0. The Morgan fingerprint density at radius 3 is 2.90 bits per heavy atom. The first kappa shape index (κ1) is 14.0. The molecule has 0 radical (unpaired) electrons. The van der Waals surface area contributed by atoms with Gasteiger partial charge in [-0.15, -0.1) is 0 Å². The van der Waals surface area contributed by atoms with Crippen molar-refractivity contribution in [3.8, 4) is 5.88 Å². The summed E-state index contributed by atoms with van der Waals surface area (Å²) < 4.78 is 28.0. The molecule has 3 heterocycles. The van der Waals surface area contributed by atoms with E-state index in [1.54, 1.807) is 6.07 Å². The first-order valence-electron chi connectivity index (χ1n) is 6.43. The number of nitrogens with zero attached hydrogens (tertiary/aromatic N) is 5. The molecule has 21 heavy (non-hydrogen) atoms. The van der Waals surface area contributed by atoms with Crippen LogP contribution in [-0.2, 0) is 20.3 Å². The van der Waals surface area contributed by atoms with Crippen molar-refractivity contribution in [2.45, 2.75) is 6.92 Å². The van der Waals surface area contributed by atoms with Gasteiger partial charge in [0.25, 0.3) is 0 Å². The summed E-state index contributed by atoms with van der Waals surface area (Å²) in [7, 11) is 0. The zero-order chi connectivity index (χ0) is 14.7. The van der Waals surface area contributed by atoms with Crippen LogP contribution in [-0.4, -0.2) is 57.9 Å². The zero-order valence-electron chi connectivity index (χ0n) is 11.5. The van der Waals surface area contributed by atoms with E-state index in [1.807, 2.05) is 11.8 Å². The molecule has 0 N–H and O–H groups in total. The average molecular weight is 313 g/mol. The van der Waals surface area contributed by atoms with Crippen molar-refractivity contribution < 1.29 is 18.0 Å². The van der Waals surface area contributed by atoms with Crippen LogP contribution in [0.3, 0.4) is 0 Å². The highest BCUT2D eigenvalue weighted by atomic mass is 32.2. The molecule has 0 saturated carbocycles. The van der Waals surface area contributed by atoms with Crippen LogP contribution in [0.2, 0.25) is 0 Å². The predicted molar refractivity (Wildman–Crippen MR) is 74.9 cm³/mol. The summed E-state index contributed by atoms with van der Waals surface area (Å²) in [5, 5.41) is 3.43. The second-order valence-corrected chi connectivity index (χ2v) is 5.50. The number of morpholine rings is 1. The molecule has 10 heteroatoms. The molecule has 114 valence electrons. The van der Waals surface area contributed by atoms with Crippen LogP contribution in [0.4, 0.5) is 5.95 Å². The van der Waals surface area contributed by atoms with Crippen molar-refractivity contribution in [3.63, 3.8) is 0 Å². The Morgan fingerprint density at radius 2 is 2.19 bits per heavy atom. The monoisotopic (exact) mass is 313 g/mol. The van der Waals surface area contributed by atoms with Gasteiger partial charge in [-0.2, -0.15) is 9.19 Å². The minimum Gasteiger partial charge on any atom is -0.455 e. The Kier molecular flexibility index (Phi) is 4.15. The molecule has 1 saturated heterocycles. The second-order valence-electron chi connectivity index (χ2n) is 4.45. The predicted octanol–water partition coefficient (Wildman–Crippen LogP) is -0.188. The van der Waals surface area contributed by atoms with E-state index in [4.69, 9.17) is 9.47 Å². The van der Waals surface area contributed by atoms with E-state index < -0.39 is 11.3 Å². The molecule has 3 rings (SSSR count). The SMILES string of the molecule is Cc1cc(OCN2C=NOS2=O)nc(N2CCOCC2)n1. The van der Waals surface area contributed by atoms with Crippen LogP contribution in [0.1, 0.15) is 5.69 Å². The number of aromatic nitrogens is 2. The highest BCUT2D eigenvalue weighted by Gasteiger charge is 2.19. The normalized spacial score (nSPS) is 21.5. The van der Waals surface area contributed by atoms with E-state index >= 15 is 0 Å². The molecular weight excluding hydrogens is 298 g/mol. The van der Waals surface area contributed by atoms with Gasteiger partial charge in [0.05, 0.1) is 13.2 Å². The fourth-order valence-electron chi connectivity index (χ4n) is 1.90. The van der Waals surface area contributed by atoms with E-state index in [0.717, 1.165) is 18.8 Å². The maximum Gasteiger partial charge on any atom is 0.343 e. The number of oxime groups is 1. The smallest absolute Gasteiger partial charge is 0.343 e. The highest BCUT2D eigenvalue weighted by molar-refractivity contribution is 7.78. The van der Waals surface area contributed by atoms with Gasteiger partial charge in [-0.05, 0) is 6.92 Å². The standard InChI is InChI=1S/C11H15N5O4S/c1-9-6-10(19-8-16-7-12-20-21(16)17)14-11(13-9)15-2-4-18-5-3-15/h6-7H,2-5,8H2,1H3. The number of hydrogen-bond acceptors (Lipinski definition) is 8. The van der Waals surface area contributed by atoms with Crippen LogP contribution in [0.15, 0.2) is 11.2 Å². The number of anilines is 1. The second kappa shape index (κ2) is 6.22. The number of ether oxygens (including phenoxy) is 2. The van der Waals surface area contributed by atoms with Crippen molar-refractivity contribution in [1.82, 2.24) is 14.3 Å². The summed E-state index contributed by atoms with van der Waals surface area (Å²) >= 11 is -1.63. The fraction of sp³-hybridized carbons (Fsp3) is 0.545. The summed E-state index contributed by atoms with van der Waals surface area (Å²) in [6.07, 6.45) is 1.31. The third-order valence-electron chi connectivity index (χ3n) is 2.93. The first-order valence-corrected chi connectivity index (χ1v) is 7.46. The minimum absolute atomic E-state index is 0.0368. The summed E-state index contributed by atoms with van der Waals surface area (Å²) in [6.45, 7) is 4.73. The molecule has 0 aliphatic carbocycles. The lowest BCUT2D eigenvalue weighted by Crippen LogP contribution is -2.37. The highest BCUT2D eigenvalue weighted by Crippen LogP contribution is 2.17. The zero-order valence-corrected chi connectivity index (χ0v) is 12.3. The van der Waals surface area contributed by atoms with Gasteiger partial charge in [0.15, 0.2) is 13.1 Å². The molecule has 1 unspecified atom stereocenters. The molecule has 0 amide bonds. The average Bonchev–Trinajstić information content (AvgIpc) is 2.91. The molecule has 1 aromatic heterocycles. The fourth-order valence-corrected chi connectivity index (χ4v) is 2.35. The van der Waals surface area contributed by atoms with Gasteiger partial charge in [0.1, 0.15) is 0 Å². The molecule has 1 aromatic rings. The van der Waals surface area contributed by atoms with Crippen LogP contribution in [0.25, 0.3) is 0 Å².